The summed E-state index contributed by atoms with van der Waals surface area (Å²) < 4.78 is 1.98. The van der Waals surface area contributed by atoms with Crippen LogP contribution in [0.5, 0.6) is 0 Å². The number of aromatic nitrogens is 3. The summed E-state index contributed by atoms with van der Waals surface area (Å²) in [4.78, 5) is 2.59. The molecule has 1 aliphatic rings. The topological polar surface area (TPSA) is 46.0 Å². The molecule has 0 spiro atoms. The zero-order valence-corrected chi connectivity index (χ0v) is 12.5. The normalized spacial score (nSPS) is 19.7. The molecular formula is C14H27N5. The van der Waals surface area contributed by atoms with E-state index in [2.05, 4.69) is 34.3 Å². The molecule has 1 N–H and O–H groups in total. The Labute approximate surface area is 116 Å². The van der Waals surface area contributed by atoms with Crippen LogP contribution in [0.1, 0.15) is 38.9 Å². The molecule has 0 aliphatic carbocycles. The third-order valence-electron chi connectivity index (χ3n) is 4.27. The van der Waals surface area contributed by atoms with E-state index >= 15 is 0 Å². The van der Waals surface area contributed by atoms with Gasteiger partial charge in [0.05, 0.1) is 6.54 Å². The molecule has 0 radical (unpaired) electrons. The van der Waals surface area contributed by atoms with Gasteiger partial charge in [-0.3, -0.25) is 0 Å². The number of nitrogens with zero attached hydrogens (tertiary/aromatic N) is 4. The minimum atomic E-state index is 0.556. The minimum absolute atomic E-state index is 0.556. The van der Waals surface area contributed by atoms with Crippen LogP contribution in [0.2, 0.25) is 0 Å². The second kappa shape index (κ2) is 7.01. The summed E-state index contributed by atoms with van der Waals surface area (Å²) in [6.45, 7) is 9.15. The standard InChI is InChI=1S/C14H27N5/c1-4-7-19-8-5-13(6-9-19)12(2)15-10-14-17-16-11-18(14)3/h11-13,15H,4-10H2,1-3H3. The maximum Gasteiger partial charge on any atom is 0.146 e. The Bertz CT molecular complexity index is 368. The quantitative estimate of drug-likeness (QED) is 0.845. The summed E-state index contributed by atoms with van der Waals surface area (Å²) in [5, 5.41) is 11.6. The molecule has 0 bridgehead atoms. The molecule has 1 aromatic rings. The monoisotopic (exact) mass is 265 g/mol. The molecular weight excluding hydrogens is 238 g/mol. The number of hydrogen-bond donors (Lipinski definition) is 1. The first-order valence-electron chi connectivity index (χ1n) is 7.49. The van der Waals surface area contributed by atoms with Gasteiger partial charge in [-0.1, -0.05) is 6.92 Å². The Morgan fingerprint density at radius 1 is 1.42 bits per heavy atom. The van der Waals surface area contributed by atoms with Gasteiger partial charge in [0.25, 0.3) is 0 Å². The Kier molecular flexibility index (Phi) is 5.34. The van der Waals surface area contributed by atoms with Gasteiger partial charge in [-0.15, -0.1) is 10.2 Å². The van der Waals surface area contributed by atoms with E-state index in [4.69, 9.17) is 0 Å². The first-order valence-corrected chi connectivity index (χ1v) is 7.49. The predicted octanol–water partition coefficient (Wildman–Crippen LogP) is 1.42. The lowest BCUT2D eigenvalue weighted by atomic mass is 9.90. The maximum atomic E-state index is 4.11. The Balaban J connectivity index is 1.72. The summed E-state index contributed by atoms with van der Waals surface area (Å²) in [7, 11) is 1.99. The fourth-order valence-corrected chi connectivity index (χ4v) is 2.88. The van der Waals surface area contributed by atoms with Gasteiger partial charge < -0.3 is 14.8 Å². The molecule has 1 saturated heterocycles. The highest BCUT2D eigenvalue weighted by Crippen LogP contribution is 2.20. The van der Waals surface area contributed by atoms with Crippen LogP contribution >= 0.6 is 0 Å². The van der Waals surface area contributed by atoms with Crippen LogP contribution in [0.15, 0.2) is 6.33 Å². The van der Waals surface area contributed by atoms with Crippen LogP contribution in [0.4, 0.5) is 0 Å². The molecule has 0 saturated carbocycles. The third kappa shape index (κ3) is 4.01. The molecule has 0 amide bonds. The van der Waals surface area contributed by atoms with Crippen LogP contribution in [-0.4, -0.2) is 45.3 Å². The van der Waals surface area contributed by atoms with Crippen molar-refractivity contribution in [3.05, 3.63) is 12.2 Å². The minimum Gasteiger partial charge on any atom is -0.320 e. The molecule has 2 heterocycles. The molecule has 19 heavy (non-hydrogen) atoms. The van der Waals surface area contributed by atoms with E-state index in [9.17, 15) is 0 Å². The fourth-order valence-electron chi connectivity index (χ4n) is 2.88. The van der Waals surface area contributed by atoms with Crippen molar-refractivity contribution in [2.24, 2.45) is 13.0 Å². The number of rotatable bonds is 6. The highest BCUT2D eigenvalue weighted by atomic mass is 15.3. The molecule has 1 fully saturated rings. The summed E-state index contributed by atoms with van der Waals surface area (Å²) in [5.41, 5.74) is 0. The van der Waals surface area contributed by atoms with Crippen molar-refractivity contribution in [1.29, 1.82) is 0 Å². The van der Waals surface area contributed by atoms with Gasteiger partial charge in [-0.2, -0.15) is 0 Å². The van der Waals surface area contributed by atoms with Gasteiger partial charge in [0, 0.05) is 13.1 Å². The number of nitrogens with one attached hydrogen (secondary N) is 1. The van der Waals surface area contributed by atoms with Crippen LogP contribution in [0, 0.1) is 5.92 Å². The van der Waals surface area contributed by atoms with Crippen molar-refractivity contribution in [2.45, 2.75) is 45.7 Å². The molecule has 1 unspecified atom stereocenters. The summed E-state index contributed by atoms with van der Waals surface area (Å²) in [5.74, 6) is 1.80. The van der Waals surface area contributed by atoms with Crippen LogP contribution in [-0.2, 0) is 13.6 Å². The Morgan fingerprint density at radius 2 is 2.16 bits per heavy atom. The SMILES string of the molecule is CCCN1CCC(C(C)NCc2nncn2C)CC1. The lowest BCUT2D eigenvalue weighted by Gasteiger charge is -2.35. The number of likely N-dealkylation sites (tertiary alicyclic amines) is 1. The predicted molar refractivity (Wildman–Crippen MR) is 76.8 cm³/mol. The molecule has 0 aromatic carbocycles. The molecule has 5 heteroatoms. The molecule has 2 rings (SSSR count). The average molecular weight is 265 g/mol. The van der Waals surface area contributed by atoms with Gasteiger partial charge in [0.15, 0.2) is 0 Å². The fraction of sp³-hybridized carbons (Fsp3) is 0.857. The first-order chi connectivity index (χ1) is 9.20. The molecule has 108 valence electrons. The number of piperidine rings is 1. The van der Waals surface area contributed by atoms with Crippen molar-refractivity contribution in [1.82, 2.24) is 25.0 Å². The van der Waals surface area contributed by atoms with E-state index < -0.39 is 0 Å². The second-order valence-electron chi connectivity index (χ2n) is 5.71. The van der Waals surface area contributed by atoms with E-state index in [0.29, 0.717) is 6.04 Å². The van der Waals surface area contributed by atoms with Crippen LogP contribution < -0.4 is 5.32 Å². The highest BCUT2D eigenvalue weighted by Gasteiger charge is 2.23. The zero-order valence-electron chi connectivity index (χ0n) is 12.5. The average Bonchev–Trinajstić information content (AvgIpc) is 2.83. The summed E-state index contributed by atoms with van der Waals surface area (Å²) >= 11 is 0. The van der Waals surface area contributed by atoms with Crippen molar-refractivity contribution in [3.63, 3.8) is 0 Å². The van der Waals surface area contributed by atoms with Crippen molar-refractivity contribution in [2.75, 3.05) is 19.6 Å². The zero-order chi connectivity index (χ0) is 13.7. The first kappa shape index (κ1) is 14.5. The van der Waals surface area contributed by atoms with Gasteiger partial charge in [0.2, 0.25) is 0 Å². The van der Waals surface area contributed by atoms with E-state index in [1.165, 1.54) is 38.9 Å². The summed E-state index contributed by atoms with van der Waals surface area (Å²) in [6.07, 6.45) is 5.65. The number of hydrogen-bond acceptors (Lipinski definition) is 4. The van der Waals surface area contributed by atoms with E-state index in [1.54, 1.807) is 6.33 Å². The smallest absolute Gasteiger partial charge is 0.146 e. The van der Waals surface area contributed by atoms with Gasteiger partial charge in [-0.25, -0.2) is 0 Å². The maximum absolute atomic E-state index is 4.11. The second-order valence-corrected chi connectivity index (χ2v) is 5.71. The lowest BCUT2D eigenvalue weighted by molar-refractivity contribution is 0.162. The van der Waals surface area contributed by atoms with Crippen LogP contribution in [0.3, 0.4) is 0 Å². The largest absolute Gasteiger partial charge is 0.320 e. The van der Waals surface area contributed by atoms with E-state index in [1.807, 2.05) is 11.6 Å². The number of aryl methyl sites for hydroxylation is 1. The van der Waals surface area contributed by atoms with Gasteiger partial charge in [-0.05, 0) is 51.7 Å². The molecule has 1 aromatic heterocycles. The highest BCUT2D eigenvalue weighted by molar-refractivity contribution is 4.86. The van der Waals surface area contributed by atoms with Crippen molar-refractivity contribution < 1.29 is 0 Å². The third-order valence-corrected chi connectivity index (χ3v) is 4.27. The van der Waals surface area contributed by atoms with Crippen molar-refractivity contribution in [3.8, 4) is 0 Å². The van der Waals surface area contributed by atoms with Gasteiger partial charge in [0.1, 0.15) is 12.2 Å². The lowest BCUT2D eigenvalue weighted by Crippen LogP contribution is -2.42. The van der Waals surface area contributed by atoms with Gasteiger partial charge >= 0.3 is 0 Å². The van der Waals surface area contributed by atoms with E-state index in [-0.39, 0.29) is 0 Å². The van der Waals surface area contributed by atoms with Crippen molar-refractivity contribution >= 4 is 0 Å². The Hall–Kier alpha value is -0.940. The summed E-state index contributed by atoms with van der Waals surface area (Å²) in [6, 6.07) is 0.556. The van der Waals surface area contributed by atoms with Crippen LogP contribution in [0.25, 0.3) is 0 Å². The molecule has 1 atom stereocenters. The Morgan fingerprint density at radius 3 is 2.74 bits per heavy atom. The molecule has 1 aliphatic heterocycles. The van der Waals surface area contributed by atoms with E-state index in [0.717, 1.165) is 18.3 Å². The molecule has 5 nitrogen and oxygen atoms in total.